The van der Waals surface area contributed by atoms with Gasteiger partial charge in [-0.1, -0.05) is 12.1 Å². The number of nitrogens with one attached hydrogen (secondary N) is 2. The van der Waals surface area contributed by atoms with Gasteiger partial charge in [0.25, 0.3) is 0 Å². The van der Waals surface area contributed by atoms with Gasteiger partial charge in [0.15, 0.2) is 5.13 Å². The molecule has 0 atom stereocenters. The Bertz CT molecular complexity index is 762. The lowest BCUT2D eigenvalue weighted by Gasteiger charge is -2.20. The average Bonchev–Trinajstić information content (AvgIpc) is 2.90. The Morgan fingerprint density at radius 2 is 2.00 bits per heavy atom. The van der Waals surface area contributed by atoms with Crippen LogP contribution in [0.15, 0.2) is 28.7 Å². The number of likely N-dealkylation sites (N-methyl/N-ethyl adjacent to an activating group) is 1. The third kappa shape index (κ3) is 3.77. The van der Waals surface area contributed by atoms with E-state index in [0.29, 0.717) is 15.3 Å². The van der Waals surface area contributed by atoms with Crippen LogP contribution in [0.25, 0.3) is 0 Å². The van der Waals surface area contributed by atoms with E-state index in [-0.39, 0.29) is 0 Å². The molecule has 0 radical (unpaired) electrons. The lowest BCUT2D eigenvalue weighted by molar-refractivity contribution is -0.133. The van der Waals surface area contributed by atoms with Gasteiger partial charge in [0.1, 0.15) is 0 Å². The van der Waals surface area contributed by atoms with Crippen molar-refractivity contribution in [3.8, 4) is 0 Å². The van der Waals surface area contributed by atoms with E-state index < -0.39 is 11.8 Å². The number of hydrogen-bond donors (Lipinski definition) is 2. The first kappa shape index (κ1) is 16.1. The van der Waals surface area contributed by atoms with Gasteiger partial charge in [0.2, 0.25) is 0 Å². The summed E-state index contributed by atoms with van der Waals surface area (Å²) in [5, 5.41) is 5.62. The molecule has 2 heterocycles. The van der Waals surface area contributed by atoms with E-state index in [1.54, 1.807) is 18.2 Å². The maximum absolute atomic E-state index is 12.0. The minimum Gasteiger partial charge on any atom is -0.317 e. The molecule has 1 aliphatic rings. The second kappa shape index (κ2) is 6.77. The topological polar surface area (TPSA) is 74.3 Å². The summed E-state index contributed by atoms with van der Waals surface area (Å²) in [6, 6.07) is 7.12. The van der Waals surface area contributed by atoms with Gasteiger partial charge < -0.3 is 10.2 Å². The number of aromatic nitrogens is 1. The van der Waals surface area contributed by atoms with Gasteiger partial charge in [-0.25, -0.2) is 4.98 Å². The van der Waals surface area contributed by atoms with Crippen LogP contribution in [0.1, 0.15) is 10.6 Å². The van der Waals surface area contributed by atoms with E-state index in [0.717, 1.165) is 30.1 Å². The summed E-state index contributed by atoms with van der Waals surface area (Å²) in [5.74, 6) is -1.44. The number of hydrogen-bond acceptors (Lipinski definition) is 5. The normalized spacial score (nSPS) is 14.2. The number of carbonyl (C=O) groups is 2. The van der Waals surface area contributed by atoms with Crippen molar-refractivity contribution in [2.75, 3.05) is 24.2 Å². The molecule has 3 rings (SSSR count). The molecule has 2 amide bonds. The number of carbonyl (C=O) groups excluding carboxylic acids is 2. The molecule has 0 aliphatic carbocycles. The molecule has 0 saturated carbocycles. The highest BCUT2D eigenvalue weighted by atomic mass is 79.9. The second-order valence-electron chi connectivity index (χ2n) is 5.26. The van der Waals surface area contributed by atoms with Crippen LogP contribution in [0.3, 0.4) is 0 Å². The molecular formula is C15H15BrN4O2S. The number of amides is 2. The Balaban J connectivity index is 1.65. The number of para-hydroxylation sites is 1. The van der Waals surface area contributed by atoms with Crippen LogP contribution >= 0.6 is 27.3 Å². The van der Waals surface area contributed by atoms with Crippen LogP contribution in [-0.2, 0) is 22.6 Å². The van der Waals surface area contributed by atoms with Crippen molar-refractivity contribution < 1.29 is 9.59 Å². The van der Waals surface area contributed by atoms with Gasteiger partial charge in [-0.2, -0.15) is 0 Å². The summed E-state index contributed by atoms with van der Waals surface area (Å²) in [7, 11) is 2.05. The van der Waals surface area contributed by atoms with E-state index in [1.165, 1.54) is 11.3 Å². The van der Waals surface area contributed by atoms with Crippen molar-refractivity contribution in [2.45, 2.75) is 13.0 Å². The van der Waals surface area contributed by atoms with Crippen molar-refractivity contribution in [1.29, 1.82) is 0 Å². The minimum absolute atomic E-state index is 0.470. The van der Waals surface area contributed by atoms with Gasteiger partial charge in [0, 0.05) is 28.9 Å². The van der Waals surface area contributed by atoms with Crippen molar-refractivity contribution in [1.82, 2.24) is 9.88 Å². The maximum atomic E-state index is 12.0. The van der Waals surface area contributed by atoms with Crippen LogP contribution in [-0.4, -0.2) is 35.3 Å². The van der Waals surface area contributed by atoms with E-state index in [4.69, 9.17) is 0 Å². The van der Waals surface area contributed by atoms with E-state index in [9.17, 15) is 9.59 Å². The monoisotopic (exact) mass is 394 g/mol. The fraction of sp³-hybridized carbons (Fsp3) is 0.267. The largest absolute Gasteiger partial charge is 0.317 e. The summed E-state index contributed by atoms with van der Waals surface area (Å²) in [4.78, 5) is 31.8. The molecule has 0 bridgehead atoms. The molecule has 1 aromatic heterocycles. The highest BCUT2D eigenvalue weighted by molar-refractivity contribution is 9.10. The molecule has 0 saturated heterocycles. The Kier molecular flexibility index (Phi) is 4.74. The Hall–Kier alpha value is -1.77. The van der Waals surface area contributed by atoms with E-state index in [2.05, 4.69) is 36.4 Å². The van der Waals surface area contributed by atoms with E-state index in [1.807, 2.05) is 13.1 Å². The quantitative estimate of drug-likeness (QED) is 0.767. The zero-order chi connectivity index (χ0) is 16.4. The van der Waals surface area contributed by atoms with Crippen LogP contribution in [0.5, 0.6) is 0 Å². The summed E-state index contributed by atoms with van der Waals surface area (Å²) in [5.41, 5.74) is 1.56. The van der Waals surface area contributed by atoms with Gasteiger partial charge >= 0.3 is 11.8 Å². The first-order valence-electron chi connectivity index (χ1n) is 7.07. The Morgan fingerprint density at radius 1 is 1.26 bits per heavy atom. The smallest absolute Gasteiger partial charge is 0.315 e. The standard InChI is InChI=1S/C15H15BrN4O2S/c1-20-7-6-11-12(8-20)23-15(18-11)19-14(22)13(21)17-10-5-3-2-4-9(10)16/h2-5H,6-8H2,1H3,(H,17,21)(H,18,19,22). The van der Waals surface area contributed by atoms with Gasteiger partial charge in [-0.3, -0.25) is 14.9 Å². The molecule has 120 valence electrons. The fourth-order valence-electron chi connectivity index (χ4n) is 2.27. The Morgan fingerprint density at radius 3 is 2.78 bits per heavy atom. The van der Waals surface area contributed by atoms with Crippen LogP contribution < -0.4 is 10.6 Å². The fourth-order valence-corrected chi connectivity index (χ4v) is 3.74. The summed E-state index contributed by atoms with van der Waals surface area (Å²) in [6.07, 6.45) is 0.862. The highest BCUT2D eigenvalue weighted by Gasteiger charge is 2.21. The number of benzene rings is 1. The zero-order valence-electron chi connectivity index (χ0n) is 12.4. The van der Waals surface area contributed by atoms with Crippen molar-refractivity contribution in [2.24, 2.45) is 0 Å². The molecule has 0 unspecified atom stereocenters. The summed E-state index contributed by atoms with van der Waals surface area (Å²) >= 11 is 4.74. The predicted molar refractivity (Wildman–Crippen MR) is 93.6 cm³/mol. The van der Waals surface area contributed by atoms with Crippen molar-refractivity contribution in [3.63, 3.8) is 0 Å². The summed E-state index contributed by atoms with van der Waals surface area (Å²) in [6.45, 7) is 1.78. The van der Waals surface area contributed by atoms with Crippen LogP contribution in [0, 0.1) is 0 Å². The van der Waals surface area contributed by atoms with Crippen LogP contribution in [0.4, 0.5) is 10.8 Å². The minimum atomic E-state index is -0.722. The molecule has 8 heteroatoms. The lowest BCUT2D eigenvalue weighted by atomic mass is 10.2. The molecule has 0 spiro atoms. The highest BCUT2D eigenvalue weighted by Crippen LogP contribution is 2.27. The molecule has 2 aromatic rings. The average molecular weight is 395 g/mol. The molecule has 1 aliphatic heterocycles. The molecular weight excluding hydrogens is 380 g/mol. The Labute approximate surface area is 146 Å². The first-order chi connectivity index (χ1) is 11.0. The first-order valence-corrected chi connectivity index (χ1v) is 8.68. The third-order valence-corrected chi connectivity index (χ3v) is 5.16. The predicted octanol–water partition coefficient (Wildman–Crippen LogP) is 2.47. The van der Waals surface area contributed by atoms with Gasteiger partial charge in [0.05, 0.1) is 11.4 Å². The van der Waals surface area contributed by atoms with Crippen molar-refractivity contribution >= 4 is 49.9 Å². The molecule has 0 fully saturated rings. The van der Waals surface area contributed by atoms with Gasteiger partial charge in [-0.15, -0.1) is 11.3 Å². The van der Waals surface area contributed by atoms with E-state index >= 15 is 0 Å². The van der Waals surface area contributed by atoms with Gasteiger partial charge in [-0.05, 0) is 35.1 Å². The zero-order valence-corrected chi connectivity index (χ0v) is 14.8. The number of fused-ring (bicyclic) bond motifs is 1. The number of anilines is 2. The SMILES string of the molecule is CN1CCc2nc(NC(=O)C(=O)Nc3ccccc3Br)sc2C1. The number of halogens is 1. The van der Waals surface area contributed by atoms with Crippen LogP contribution in [0.2, 0.25) is 0 Å². The number of nitrogens with zero attached hydrogens (tertiary/aromatic N) is 2. The maximum Gasteiger partial charge on any atom is 0.315 e. The molecule has 2 N–H and O–H groups in total. The number of thiazole rings is 1. The third-order valence-electron chi connectivity index (χ3n) is 3.47. The molecule has 1 aromatic carbocycles. The number of rotatable bonds is 2. The van der Waals surface area contributed by atoms with Crippen molar-refractivity contribution in [3.05, 3.63) is 39.3 Å². The molecule has 6 nitrogen and oxygen atoms in total. The second-order valence-corrected chi connectivity index (χ2v) is 7.20. The lowest BCUT2D eigenvalue weighted by Crippen LogP contribution is -2.29. The summed E-state index contributed by atoms with van der Waals surface area (Å²) < 4.78 is 0.717. The molecule has 23 heavy (non-hydrogen) atoms.